The number of amides is 1. The molecule has 1 aliphatic heterocycles. The minimum atomic E-state index is -0.0981. The van der Waals surface area contributed by atoms with E-state index in [-0.39, 0.29) is 5.91 Å². The van der Waals surface area contributed by atoms with Crippen molar-refractivity contribution in [3.05, 3.63) is 81.6 Å². The van der Waals surface area contributed by atoms with Gasteiger partial charge in [-0.2, -0.15) is 11.8 Å². The van der Waals surface area contributed by atoms with E-state index in [1.165, 1.54) is 17.1 Å². The van der Waals surface area contributed by atoms with Crippen LogP contribution >= 0.6 is 34.4 Å². The van der Waals surface area contributed by atoms with Crippen LogP contribution in [0.2, 0.25) is 0 Å². The fourth-order valence-electron chi connectivity index (χ4n) is 3.30. The molecule has 29 heavy (non-hydrogen) atoms. The predicted molar refractivity (Wildman–Crippen MR) is 129 cm³/mol. The standard InChI is InChI=1S/C23H22IN3OS/c24-21-9-8-19(15-20(21)22-3-1-2-10-25-22)26-23(28)18-6-4-17(5-7-18)16-27-11-13-29-14-12-27/h1-10,15H,11-14,16H2,(H,26,28). The zero-order chi connectivity index (χ0) is 20.1. The number of halogens is 1. The monoisotopic (exact) mass is 515 g/mol. The SMILES string of the molecule is O=C(Nc1ccc(I)c(-c2ccccn2)c1)c1ccc(CN2CCSCC2)cc1. The molecule has 4 nitrogen and oxygen atoms in total. The number of carbonyl (C=O) groups is 1. The molecule has 0 unspecified atom stereocenters. The lowest BCUT2D eigenvalue weighted by atomic mass is 10.1. The zero-order valence-corrected chi connectivity index (χ0v) is 18.9. The molecule has 1 N–H and O–H groups in total. The van der Waals surface area contributed by atoms with Gasteiger partial charge in [-0.25, -0.2) is 0 Å². The van der Waals surface area contributed by atoms with Gasteiger partial charge in [-0.1, -0.05) is 18.2 Å². The van der Waals surface area contributed by atoms with Gasteiger partial charge in [0.2, 0.25) is 0 Å². The first-order valence-electron chi connectivity index (χ1n) is 9.60. The van der Waals surface area contributed by atoms with E-state index in [0.717, 1.165) is 40.1 Å². The highest BCUT2D eigenvalue weighted by molar-refractivity contribution is 14.1. The number of hydrogen-bond acceptors (Lipinski definition) is 4. The summed E-state index contributed by atoms with van der Waals surface area (Å²) in [5, 5.41) is 3.01. The lowest BCUT2D eigenvalue weighted by molar-refractivity contribution is 0.102. The molecule has 1 aromatic heterocycles. The number of benzene rings is 2. The summed E-state index contributed by atoms with van der Waals surface area (Å²) >= 11 is 4.31. The summed E-state index contributed by atoms with van der Waals surface area (Å²) < 4.78 is 1.10. The molecule has 0 aliphatic carbocycles. The van der Waals surface area contributed by atoms with E-state index < -0.39 is 0 Å². The topological polar surface area (TPSA) is 45.2 Å². The summed E-state index contributed by atoms with van der Waals surface area (Å²) in [5.74, 6) is 2.31. The smallest absolute Gasteiger partial charge is 0.255 e. The van der Waals surface area contributed by atoms with Crippen molar-refractivity contribution in [2.75, 3.05) is 29.9 Å². The molecule has 1 amide bonds. The van der Waals surface area contributed by atoms with Crippen molar-refractivity contribution < 1.29 is 4.79 Å². The van der Waals surface area contributed by atoms with Gasteiger partial charge in [0.1, 0.15) is 0 Å². The number of pyridine rings is 1. The first kappa shape index (κ1) is 20.4. The first-order valence-corrected chi connectivity index (χ1v) is 11.8. The molecule has 1 saturated heterocycles. The number of nitrogens with zero attached hydrogens (tertiary/aromatic N) is 2. The fourth-order valence-corrected chi connectivity index (χ4v) is 4.89. The Bertz CT molecular complexity index is 973. The second-order valence-electron chi connectivity index (χ2n) is 6.95. The maximum absolute atomic E-state index is 12.7. The van der Waals surface area contributed by atoms with E-state index in [4.69, 9.17) is 0 Å². The second kappa shape index (κ2) is 9.73. The van der Waals surface area contributed by atoms with Crippen molar-refractivity contribution in [1.29, 1.82) is 0 Å². The maximum Gasteiger partial charge on any atom is 0.255 e. The lowest BCUT2D eigenvalue weighted by Crippen LogP contribution is -2.31. The van der Waals surface area contributed by atoms with Crippen molar-refractivity contribution in [3.63, 3.8) is 0 Å². The van der Waals surface area contributed by atoms with Gasteiger partial charge in [0.25, 0.3) is 5.91 Å². The lowest BCUT2D eigenvalue weighted by Gasteiger charge is -2.26. The van der Waals surface area contributed by atoms with Gasteiger partial charge >= 0.3 is 0 Å². The highest BCUT2D eigenvalue weighted by Gasteiger charge is 2.12. The summed E-state index contributed by atoms with van der Waals surface area (Å²) in [6.45, 7) is 3.23. The van der Waals surface area contributed by atoms with Crippen LogP contribution in [-0.2, 0) is 6.54 Å². The third kappa shape index (κ3) is 5.38. The summed E-state index contributed by atoms with van der Waals surface area (Å²) in [7, 11) is 0. The molecule has 0 spiro atoms. The molecule has 148 valence electrons. The number of hydrogen-bond donors (Lipinski definition) is 1. The fraction of sp³-hybridized carbons (Fsp3) is 0.217. The number of anilines is 1. The first-order chi connectivity index (χ1) is 14.2. The average Bonchev–Trinajstić information content (AvgIpc) is 2.77. The van der Waals surface area contributed by atoms with Crippen LogP contribution in [0.15, 0.2) is 66.9 Å². The van der Waals surface area contributed by atoms with Crippen molar-refractivity contribution in [3.8, 4) is 11.3 Å². The molecule has 1 aliphatic rings. The average molecular weight is 515 g/mol. The Morgan fingerprint density at radius 2 is 1.86 bits per heavy atom. The Morgan fingerprint density at radius 1 is 1.07 bits per heavy atom. The molecule has 4 rings (SSSR count). The van der Waals surface area contributed by atoms with Crippen LogP contribution in [0.3, 0.4) is 0 Å². The third-order valence-corrected chi connectivity index (χ3v) is 6.77. The Balaban J connectivity index is 1.44. The van der Waals surface area contributed by atoms with Crippen LogP contribution in [-0.4, -0.2) is 40.4 Å². The maximum atomic E-state index is 12.7. The van der Waals surface area contributed by atoms with Gasteiger partial charge in [-0.15, -0.1) is 0 Å². The number of thioether (sulfide) groups is 1. The van der Waals surface area contributed by atoms with Gasteiger partial charge in [-0.3, -0.25) is 14.7 Å². The molecule has 2 heterocycles. The minimum absolute atomic E-state index is 0.0981. The highest BCUT2D eigenvalue weighted by Crippen LogP contribution is 2.27. The number of nitrogens with one attached hydrogen (secondary N) is 1. The summed E-state index contributed by atoms with van der Waals surface area (Å²) in [5.41, 5.74) is 4.60. The highest BCUT2D eigenvalue weighted by atomic mass is 127. The molecular weight excluding hydrogens is 493 g/mol. The van der Waals surface area contributed by atoms with E-state index >= 15 is 0 Å². The van der Waals surface area contributed by atoms with Gasteiger partial charge in [0.05, 0.1) is 5.69 Å². The van der Waals surface area contributed by atoms with E-state index in [1.807, 2.05) is 60.3 Å². The summed E-state index contributed by atoms with van der Waals surface area (Å²) in [4.78, 5) is 19.6. The van der Waals surface area contributed by atoms with Crippen LogP contribution in [0.1, 0.15) is 15.9 Å². The Hall–Kier alpha value is -1.90. The molecular formula is C23H22IN3OS. The van der Waals surface area contributed by atoms with Gasteiger partial charge in [0, 0.05) is 57.7 Å². The summed E-state index contributed by atoms with van der Waals surface area (Å²) in [6, 6.07) is 19.7. The van der Waals surface area contributed by atoms with Crippen LogP contribution in [0.4, 0.5) is 5.69 Å². The van der Waals surface area contributed by atoms with E-state index in [9.17, 15) is 4.79 Å². The zero-order valence-electron chi connectivity index (χ0n) is 16.0. The van der Waals surface area contributed by atoms with Crippen molar-refractivity contribution in [1.82, 2.24) is 9.88 Å². The van der Waals surface area contributed by atoms with Crippen LogP contribution in [0.25, 0.3) is 11.3 Å². The molecule has 1 fully saturated rings. The molecule has 6 heteroatoms. The molecule has 3 aromatic rings. The Labute approximate surface area is 189 Å². The minimum Gasteiger partial charge on any atom is -0.322 e. The van der Waals surface area contributed by atoms with E-state index in [1.54, 1.807) is 6.20 Å². The van der Waals surface area contributed by atoms with Gasteiger partial charge < -0.3 is 5.32 Å². The van der Waals surface area contributed by atoms with Crippen LogP contribution in [0.5, 0.6) is 0 Å². The van der Waals surface area contributed by atoms with Crippen molar-refractivity contribution in [2.24, 2.45) is 0 Å². The van der Waals surface area contributed by atoms with Crippen molar-refractivity contribution in [2.45, 2.75) is 6.54 Å². The molecule has 0 saturated carbocycles. The van der Waals surface area contributed by atoms with E-state index in [2.05, 4.69) is 49.9 Å². The van der Waals surface area contributed by atoms with Crippen LogP contribution < -0.4 is 5.32 Å². The predicted octanol–water partition coefficient (Wildman–Crippen LogP) is 5.15. The Morgan fingerprint density at radius 3 is 2.59 bits per heavy atom. The third-order valence-electron chi connectivity index (χ3n) is 4.89. The normalized spacial score (nSPS) is 14.5. The quantitative estimate of drug-likeness (QED) is 0.478. The molecule has 0 radical (unpaired) electrons. The largest absolute Gasteiger partial charge is 0.322 e. The number of rotatable bonds is 5. The van der Waals surface area contributed by atoms with Crippen LogP contribution in [0, 0.1) is 3.57 Å². The molecule has 0 bridgehead atoms. The number of aromatic nitrogens is 1. The molecule has 2 aromatic carbocycles. The number of carbonyl (C=O) groups excluding carboxylic acids is 1. The van der Waals surface area contributed by atoms with Gasteiger partial charge in [0.15, 0.2) is 0 Å². The Kier molecular flexibility index (Phi) is 6.84. The van der Waals surface area contributed by atoms with Gasteiger partial charge in [-0.05, 0) is 70.6 Å². The van der Waals surface area contributed by atoms with E-state index in [0.29, 0.717) is 5.56 Å². The summed E-state index contributed by atoms with van der Waals surface area (Å²) in [6.07, 6.45) is 1.78. The molecule has 0 atom stereocenters. The second-order valence-corrected chi connectivity index (χ2v) is 9.34. The van der Waals surface area contributed by atoms with Crippen molar-refractivity contribution >= 4 is 45.9 Å².